The zero-order valence-corrected chi connectivity index (χ0v) is 46.8. The molecule has 6 aromatic rings. The maximum absolute atomic E-state index is 12.3. The van der Waals surface area contributed by atoms with Gasteiger partial charge in [0.15, 0.2) is 0 Å². The van der Waals surface area contributed by atoms with Gasteiger partial charge in [0.1, 0.15) is 0 Å². The van der Waals surface area contributed by atoms with Gasteiger partial charge in [0.05, 0.1) is 33.6 Å². The molecule has 0 bridgehead atoms. The van der Waals surface area contributed by atoms with E-state index in [1.165, 1.54) is 0 Å². The van der Waals surface area contributed by atoms with E-state index < -0.39 is 21.1 Å². The second kappa shape index (κ2) is 20.9. The summed E-state index contributed by atoms with van der Waals surface area (Å²) in [5.41, 5.74) is -1.14. The molecule has 0 saturated carbocycles. The average Bonchev–Trinajstić information content (AvgIpc) is 3.71. The third kappa shape index (κ3) is 11.9. The molecule has 67 heavy (non-hydrogen) atoms. The first-order chi connectivity index (χ1) is 30.6. The van der Waals surface area contributed by atoms with Crippen molar-refractivity contribution >= 4 is 90.8 Å². The molecule has 0 amide bonds. The summed E-state index contributed by atoms with van der Waals surface area (Å²) in [6, 6.07) is 22.9. The zero-order chi connectivity index (χ0) is 48.8. The summed E-state index contributed by atoms with van der Waals surface area (Å²) < 4.78 is 41.4. The Labute approximate surface area is 435 Å². The monoisotopic (exact) mass is 1050 g/mol. The van der Waals surface area contributed by atoms with Crippen LogP contribution in [0.25, 0.3) is 32.3 Å². The van der Waals surface area contributed by atoms with E-state index in [0.717, 1.165) is 46.7 Å². The third-order valence-corrected chi connectivity index (χ3v) is 14.6. The average molecular weight is 1050 g/mol. The first kappa shape index (κ1) is 55.1. The predicted molar refractivity (Wildman–Crippen MR) is 277 cm³/mol. The summed E-state index contributed by atoms with van der Waals surface area (Å²) in [4.78, 5) is 38.0. The molecule has 0 radical (unpaired) electrons. The predicted octanol–water partition coefficient (Wildman–Crippen LogP) is 6.76. The van der Waals surface area contributed by atoms with Crippen LogP contribution >= 0.6 is 31.9 Å². The molecule has 18 heteroatoms. The fourth-order valence-electron chi connectivity index (χ4n) is 7.35. The first-order valence-electron chi connectivity index (χ1n) is 22.4. The van der Waals surface area contributed by atoms with Crippen molar-refractivity contribution in [3.63, 3.8) is 0 Å². The summed E-state index contributed by atoms with van der Waals surface area (Å²) in [7, 11) is -1.35. The molecule has 3 fully saturated rings. The molecule has 6 heterocycles. The van der Waals surface area contributed by atoms with Gasteiger partial charge in [-0.25, -0.2) is 0 Å². The van der Waals surface area contributed by atoms with E-state index >= 15 is 0 Å². The molecule has 3 saturated heterocycles. The molecule has 3 aromatic carbocycles. The Hall–Kier alpha value is -2.80. The number of aryl methyl sites for hydroxylation is 2. The van der Waals surface area contributed by atoms with Crippen molar-refractivity contribution in [3.8, 4) is 0 Å². The van der Waals surface area contributed by atoms with Crippen molar-refractivity contribution in [2.45, 2.75) is 144 Å². The van der Waals surface area contributed by atoms with Crippen LogP contribution in [0.5, 0.6) is 0 Å². The van der Waals surface area contributed by atoms with Crippen LogP contribution in [0, 0.1) is 0 Å². The molecule has 3 aliphatic heterocycles. The fraction of sp³-hybridized carbons (Fsp3) is 0.449. The summed E-state index contributed by atoms with van der Waals surface area (Å²) in [6.07, 6.45) is 5.31. The number of aromatic nitrogens is 3. The van der Waals surface area contributed by atoms with Crippen LogP contribution in [0.3, 0.4) is 0 Å². The van der Waals surface area contributed by atoms with E-state index in [9.17, 15) is 14.4 Å². The van der Waals surface area contributed by atoms with Crippen LogP contribution in [-0.4, -0.2) is 68.9 Å². The van der Waals surface area contributed by atoms with E-state index in [0.29, 0.717) is 13.1 Å². The van der Waals surface area contributed by atoms with Crippen molar-refractivity contribution in [1.82, 2.24) is 14.1 Å². The van der Waals surface area contributed by atoms with Crippen LogP contribution in [0.15, 0.2) is 115 Å². The van der Waals surface area contributed by atoms with E-state index in [1.54, 1.807) is 21.4 Å². The number of benzene rings is 3. The van der Waals surface area contributed by atoms with Gasteiger partial charge < -0.3 is 43.5 Å². The maximum atomic E-state index is 12.3. The van der Waals surface area contributed by atoms with Gasteiger partial charge in [0, 0.05) is 56.8 Å². The van der Waals surface area contributed by atoms with Gasteiger partial charge >= 0.3 is 50.7 Å². The van der Waals surface area contributed by atoms with Gasteiger partial charge in [-0.3, -0.25) is 14.4 Å². The van der Waals surface area contributed by atoms with Gasteiger partial charge in [-0.15, -0.1) is 0 Å². The zero-order valence-electron chi connectivity index (χ0n) is 42.6. The Balaban J connectivity index is 0.000000200. The number of rotatable bonds is 4. The molecular formula is C49H63B3Br2N3NaO9. The van der Waals surface area contributed by atoms with Crippen molar-refractivity contribution in [3.05, 3.63) is 131 Å². The Kier molecular flexibility index (Phi) is 17.2. The number of nitrogens with one attached hydrogen (secondary N) is 1. The minimum Gasteiger partial charge on any atom is -1.00 e. The third-order valence-electron chi connectivity index (χ3n) is 13.6. The molecule has 0 aliphatic carbocycles. The van der Waals surface area contributed by atoms with Gasteiger partial charge in [-0.05, 0) is 179 Å². The van der Waals surface area contributed by atoms with Gasteiger partial charge in [-0.2, -0.15) is 0 Å². The summed E-state index contributed by atoms with van der Waals surface area (Å²) in [5, 5.41) is 5.08. The van der Waals surface area contributed by atoms with E-state index in [4.69, 9.17) is 27.9 Å². The first-order valence-corrected chi connectivity index (χ1v) is 24.0. The normalized spacial score (nSPS) is 19.2. The molecule has 0 spiro atoms. The number of H-pyrrole nitrogens is 1. The molecular weight excluding hydrogens is 990 g/mol. The molecule has 1 N–H and O–H groups in total. The minimum atomic E-state index is -0.476. The fourth-order valence-corrected chi connectivity index (χ4v) is 8.11. The topological polar surface area (TPSA) is 132 Å². The van der Waals surface area contributed by atoms with Crippen LogP contribution in [0.1, 0.15) is 98.4 Å². The number of pyridine rings is 3. The smallest absolute Gasteiger partial charge is 1.00 e. The summed E-state index contributed by atoms with van der Waals surface area (Å²) >= 11 is 6.73. The number of halogens is 2. The quantitative estimate of drug-likeness (QED) is 0.191. The second-order valence-corrected chi connectivity index (χ2v) is 21.6. The molecule has 352 valence electrons. The molecule has 3 aliphatic rings. The Morgan fingerprint density at radius 1 is 0.507 bits per heavy atom. The number of hydrogen-bond acceptors (Lipinski definition) is 9. The van der Waals surface area contributed by atoms with Crippen molar-refractivity contribution in [2.24, 2.45) is 0 Å². The summed E-state index contributed by atoms with van der Waals surface area (Å²) in [6.45, 7) is 29.7. The van der Waals surface area contributed by atoms with Gasteiger partial charge in [-0.1, -0.05) is 44.0 Å². The van der Waals surface area contributed by atoms with E-state index in [1.807, 2.05) is 176 Å². The van der Waals surface area contributed by atoms with Crippen LogP contribution in [0.2, 0.25) is 0 Å². The minimum absolute atomic E-state index is 0. The Morgan fingerprint density at radius 3 is 1.28 bits per heavy atom. The molecule has 12 nitrogen and oxygen atoms in total. The van der Waals surface area contributed by atoms with Crippen molar-refractivity contribution in [2.75, 3.05) is 0 Å². The van der Waals surface area contributed by atoms with Crippen molar-refractivity contribution in [1.29, 1.82) is 0 Å². The summed E-state index contributed by atoms with van der Waals surface area (Å²) in [5.74, 6) is 0. The van der Waals surface area contributed by atoms with Crippen molar-refractivity contribution < 1.29 is 58.9 Å². The van der Waals surface area contributed by atoms with Gasteiger partial charge in [0.25, 0.3) is 16.7 Å². The molecule has 3 aromatic heterocycles. The van der Waals surface area contributed by atoms with Crippen LogP contribution < -0.4 is 51.7 Å². The number of fused-ring (bicyclic) bond motifs is 3. The van der Waals surface area contributed by atoms with E-state index in [2.05, 4.69) is 36.8 Å². The second-order valence-electron chi connectivity index (χ2n) is 19.8. The number of nitrogens with zero attached hydrogens (tertiary/aromatic N) is 2. The van der Waals surface area contributed by atoms with Gasteiger partial charge in [0.2, 0.25) is 0 Å². The van der Waals surface area contributed by atoms with Crippen LogP contribution in [-0.2, 0) is 41.0 Å². The molecule has 0 atom stereocenters. The Morgan fingerprint density at radius 2 is 0.866 bits per heavy atom. The number of aromatic amines is 1. The van der Waals surface area contributed by atoms with Crippen LogP contribution in [0.4, 0.5) is 0 Å². The SMILES string of the molecule is CC1(C)OB(B2OC(C)(C)C(C)(C)O2)OC1(C)C.CCn1ccc2cc(B3OC(C)(C)C(C)(C)O3)ccc2c1=O.CCn1ccc2cc(Br)ccc2c1=O.O=c1[nH]ccc2cc(Br)ccc12.[H-].[Na+]. The van der Waals surface area contributed by atoms with E-state index in [-0.39, 0.29) is 81.3 Å². The largest absolute Gasteiger partial charge is 1.00 e. The molecule has 9 rings (SSSR count). The Bertz CT molecular complexity index is 2850. The molecule has 0 unspecified atom stereocenters. The standard InChI is InChI=1S/C17H22BNO3.C12H24B2O4.C11H10BrNO.C9H6BrNO.Na.H/c1-6-19-10-9-12-11-13(7-8-14(12)15(19)20)18-21-16(2,3)17(4,5)22-18;1-9(2)10(3,4)16-13(15-9)14-17-11(5,6)12(7,8)18-14;1-2-13-6-5-8-7-9(12)3-4-10(8)11(13)14;10-7-1-2-8-6(5-7)3-4-11-9(8)12;;/h7-11H,6H2,1-5H3;1-8H3;3-7H,2H2,1H3;1-5H,(H,11,12);;/q;;;;+1;-1. The number of hydrogen-bond donors (Lipinski definition) is 1. The maximum Gasteiger partial charge on any atom is 1.00 e.